The van der Waals surface area contributed by atoms with E-state index in [4.69, 9.17) is 0 Å². The summed E-state index contributed by atoms with van der Waals surface area (Å²) in [6.45, 7) is 2.52. The van der Waals surface area contributed by atoms with Crippen molar-refractivity contribution in [3.63, 3.8) is 0 Å². The molecule has 1 aliphatic carbocycles. The summed E-state index contributed by atoms with van der Waals surface area (Å²) in [5.74, 6) is 0. The Morgan fingerprint density at radius 3 is 3.00 bits per heavy atom. The van der Waals surface area contributed by atoms with Gasteiger partial charge >= 0.3 is 0 Å². The molecule has 1 aliphatic rings. The Morgan fingerprint density at radius 2 is 2.33 bits per heavy atom. The van der Waals surface area contributed by atoms with Gasteiger partial charge in [0.1, 0.15) is 7.85 Å². The third-order valence-corrected chi connectivity index (χ3v) is 2.81. The van der Waals surface area contributed by atoms with Crippen molar-refractivity contribution in [1.82, 2.24) is 0 Å². The quantitative estimate of drug-likeness (QED) is 0.584. The van der Waals surface area contributed by atoms with Crippen molar-refractivity contribution in [2.75, 3.05) is 6.61 Å². The van der Waals surface area contributed by atoms with E-state index in [0.29, 0.717) is 6.61 Å². The summed E-state index contributed by atoms with van der Waals surface area (Å²) in [7, 11) is 2.18. The summed E-state index contributed by atoms with van der Waals surface area (Å²) in [5, 5.41) is 9.26. The maximum Gasteiger partial charge on any atom is 0.133 e. The molecule has 0 saturated carbocycles. The number of aliphatic hydroxyl groups is 1. The Labute approximate surface area is 76.3 Å². The molecule has 0 fully saturated rings. The molecule has 0 spiro atoms. The van der Waals surface area contributed by atoms with Gasteiger partial charge in [-0.05, 0) is 31.1 Å². The van der Waals surface area contributed by atoms with E-state index in [1.54, 1.807) is 0 Å². The second kappa shape index (κ2) is 4.13. The Balaban J connectivity index is 2.63. The molecule has 1 rings (SSSR count). The fraction of sp³-hybridized carbons (Fsp3) is 0.800. The Morgan fingerprint density at radius 1 is 1.58 bits per heavy atom. The summed E-state index contributed by atoms with van der Waals surface area (Å²) in [6.07, 6.45) is 8.35. The molecule has 0 saturated heterocycles. The zero-order valence-electron chi connectivity index (χ0n) is 8.27. The molecule has 0 amide bonds. The topological polar surface area (TPSA) is 20.2 Å². The zero-order valence-corrected chi connectivity index (χ0v) is 8.27. The number of hydrogen-bond acceptors (Lipinski definition) is 1. The van der Waals surface area contributed by atoms with E-state index in [0.717, 1.165) is 6.42 Å². The van der Waals surface area contributed by atoms with Crippen molar-refractivity contribution in [3.8, 4) is 0 Å². The molecule has 1 unspecified atom stereocenters. The molecule has 1 atom stereocenters. The van der Waals surface area contributed by atoms with Crippen molar-refractivity contribution in [3.05, 3.63) is 11.5 Å². The molecule has 1 N–H and O–H groups in total. The van der Waals surface area contributed by atoms with E-state index >= 15 is 0 Å². The normalized spacial score (nSPS) is 36.3. The first-order chi connectivity index (χ1) is 5.66. The van der Waals surface area contributed by atoms with Gasteiger partial charge < -0.3 is 5.11 Å². The lowest BCUT2D eigenvalue weighted by molar-refractivity contribution is 0.129. The highest BCUT2D eigenvalue weighted by molar-refractivity contribution is 6.21. The molecule has 0 aromatic carbocycles. The smallest absolute Gasteiger partial charge is 0.133 e. The van der Waals surface area contributed by atoms with Gasteiger partial charge in [-0.2, -0.15) is 0 Å². The van der Waals surface area contributed by atoms with Crippen LogP contribution in [0.3, 0.4) is 0 Å². The predicted octanol–water partition coefficient (Wildman–Crippen LogP) is 1.47. The highest BCUT2D eigenvalue weighted by Gasteiger charge is 2.23. The molecular weight excluding hydrogens is 147 g/mol. The van der Waals surface area contributed by atoms with Crippen molar-refractivity contribution in [2.24, 2.45) is 5.41 Å². The first-order valence-corrected chi connectivity index (χ1v) is 4.93. The first kappa shape index (κ1) is 9.85. The summed E-state index contributed by atoms with van der Waals surface area (Å²) < 4.78 is 0. The standard InChI is InChI=1S/C10H19BO/c1-10(8-12)6-4-2-3-5-9(11)7-10/h5,12H,2-4,6-8,11H2,1H3/b9-5+. The van der Waals surface area contributed by atoms with Crippen LogP contribution in [-0.4, -0.2) is 19.6 Å². The molecular formula is C10H19BO. The number of rotatable bonds is 1. The van der Waals surface area contributed by atoms with Gasteiger partial charge in [-0.15, -0.1) is 5.47 Å². The van der Waals surface area contributed by atoms with Crippen LogP contribution < -0.4 is 0 Å². The molecule has 0 radical (unpaired) electrons. The molecule has 12 heavy (non-hydrogen) atoms. The average Bonchev–Trinajstić information content (AvgIpc) is 2.01. The predicted molar refractivity (Wildman–Crippen MR) is 54.9 cm³/mol. The lowest BCUT2D eigenvalue weighted by atomic mass is 9.73. The maximum absolute atomic E-state index is 9.26. The van der Waals surface area contributed by atoms with Crippen LogP contribution in [0, 0.1) is 5.41 Å². The Bertz CT molecular complexity index is 177. The second-order valence-corrected chi connectivity index (χ2v) is 4.44. The summed E-state index contributed by atoms with van der Waals surface area (Å²) in [4.78, 5) is 0. The largest absolute Gasteiger partial charge is 0.396 e. The van der Waals surface area contributed by atoms with Crippen LogP contribution in [0.25, 0.3) is 0 Å². The van der Waals surface area contributed by atoms with Crippen LogP contribution in [0.4, 0.5) is 0 Å². The molecule has 0 aromatic heterocycles. The average molecular weight is 166 g/mol. The molecule has 0 heterocycles. The second-order valence-electron chi connectivity index (χ2n) is 4.44. The van der Waals surface area contributed by atoms with Gasteiger partial charge in [0.05, 0.1) is 0 Å². The van der Waals surface area contributed by atoms with Crippen molar-refractivity contribution in [2.45, 2.75) is 39.0 Å². The Kier molecular flexibility index (Phi) is 3.39. The lowest BCUT2D eigenvalue weighted by Crippen LogP contribution is -2.23. The lowest BCUT2D eigenvalue weighted by Gasteiger charge is -2.29. The molecule has 68 valence electrons. The van der Waals surface area contributed by atoms with E-state index in [-0.39, 0.29) is 5.41 Å². The molecule has 0 aliphatic heterocycles. The monoisotopic (exact) mass is 166 g/mol. The van der Waals surface area contributed by atoms with Gasteiger partial charge in [-0.25, -0.2) is 0 Å². The minimum absolute atomic E-state index is 0.154. The van der Waals surface area contributed by atoms with Crippen LogP contribution in [0.2, 0.25) is 0 Å². The SMILES string of the molecule is B/C1=C/CCCCC(C)(CO)C1. The van der Waals surface area contributed by atoms with Gasteiger partial charge in [-0.1, -0.05) is 19.4 Å². The van der Waals surface area contributed by atoms with Gasteiger partial charge in [0, 0.05) is 6.61 Å². The molecule has 0 bridgehead atoms. The summed E-state index contributed by atoms with van der Waals surface area (Å²) >= 11 is 0. The van der Waals surface area contributed by atoms with E-state index in [2.05, 4.69) is 20.8 Å². The van der Waals surface area contributed by atoms with Gasteiger partial charge in [0.15, 0.2) is 0 Å². The third kappa shape index (κ3) is 2.67. The van der Waals surface area contributed by atoms with E-state index in [1.165, 1.54) is 31.2 Å². The molecule has 1 nitrogen and oxygen atoms in total. The van der Waals surface area contributed by atoms with Crippen molar-refractivity contribution >= 4 is 7.85 Å². The van der Waals surface area contributed by atoms with Crippen LogP contribution >= 0.6 is 0 Å². The van der Waals surface area contributed by atoms with Crippen LogP contribution in [0.1, 0.15) is 39.0 Å². The minimum Gasteiger partial charge on any atom is -0.396 e. The highest BCUT2D eigenvalue weighted by atomic mass is 16.3. The summed E-state index contributed by atoms with van der Waals surface area (Å²) in [6, 6.07) is 0. The fourth-order valence-electron chi connectivity index (χ4n) is 2.01. The highest BCUT2D eigenvalue weighted by Crippen LogP contribution is 2.32. The van der Waals surface area contributed by atoms with Crippen LogP contribution in [0.15, 0.2) is 11.5 Å². The van der Waals surface area contributed by atoms with Gasteiger partial charge in [-0.3, -0.25) is 0 Å². The van der Waals surface area contributed by atoms with Crippen molar-refractivity contribution < 1.29 is 5.11 Å². The molecule has 0 aromatic rings. The minimum atomic E-state index is 0.154. The van der Waals surface area contributed by atoms with E-state index < -0.39 is 0 Å². The van der Waals surface area contributed by atoms with E-state index in [1.807, 2.05) is 0 Å². The van der Waals surface area contributed by atoms with E-state index in [9.17, 15) is 5.11 Å². The summed E-state index contributed by atoms with van der Waals surface area (Å²) in [5.41, 5.74) is 1.60. The van der Waals surface area contributed by atoms with Gasteiger partial charge in [0.2, 0.25) is 0 Å². The zero-order chi connectivity index (χ0) is 9.03. The third-order valence-electron chi connectivity index (χ3n) is 2.81. The number of hydrogen-bond donors (Lipinski definition) is 1. The van der Waals surface area contributed by atoms with Crippen LogP contribution in [0.5, 0.6) is 0 Å². The number of aliphatic hydroxyl groups excluding tert-OH is 1. The van der Waals surface area contributed by atoms with Gasteiger partial charge in [0.25, 0.3) is 0 Å². The van der Waals surface area contributed by atoms with Crippen LogP contribution in [-0.2, 0) is 0 Å². The van der Waals surface area contributed by atoms with Crippen molar-refractivity contribution in [1.29, 1.82) is 0 Å². The fourth-order valence-corrected chi connectivity index (χ4v) is 2.01. The molecule has 2 heteroatoms. The maximum atomic E-state index is 9.26. The first-order valence-electron chi connectivity index (χ1n) is 4.93. The Hall–Kier alpha value is -0.235. The number of allylic oxidation sites excluding steroid dienone is 2.